The zero-order chi connectivity index (χ0) is 13.5. The van der Waals surface area contributed by atoms with Gasteiger partial charge in [0.05, 0.1) is 0 Å². The molecule has 0 amide bonds. The fourth-order valence-electron chi connectivity index (χ4n) is 1.75. The monoisotopic (exact) mass is 288 g/mol. The van der Waals surface area contributed by atoms with Gasteiger partial charge in [0.15, 0.2) is 0 Å². The van der Waals surface area contributed by atoms with Crippen LogP contribution in [0.15, 0.2) is 10.3 Å². The van der Waals surface area contributed by atoms with Gasteiger partial charge in [-0.3, -0.25) is 0 Å². The summed E-state index contributed by atoms with van der Waals surface area (Å²) in [4.78, 5) is 1.63. The molecule has 0 heterocycles. The maximum absolute atomic E-state index is 2.43. The highest BCUT2D eigenvalue weighted by Crippen LogP contribution is 2.26. The van der Waals surface area contributed by atoms with Gasteiger partial charge < -0.3 is 0 Å². The molecule has 0 spiro atoms. The molecule has 0 bridgehead atoms. The number of unbranched alkanes of at least 4 members (excludes halogenated alkanes) is 5. The largest absolute Gasteiger partial charge is 0.133 e. The lowest BCUT2D eigenvalue weighted by atomic mass is 10.1. The molecule has 0 aromatic carbocycles. The molecule has 0 saturated carbocycles. The van der Waals surface area contributed by atoms with Crippen LogP contribution in [0.4, 0.5) is 0 Å². The van der Waals surface area contributed by atoms with Crippen molar-refractivity contribution in [1.29, 1.82) is 0 Å². The molecule has 18 heavy (non-hydrogen) atoms. The van der Waals surface area contributed by atoms with E-state index in [0.717, 1.165) is 0 Å². The van der Waals surface area contributed by atoms with E-state index in [0.29, 0.717) is 0 Å². The summed E-state index contributed by atoms with van der Waals surface area (Å²) >= 11 is 4.08. The van der Waals surface area contributed by atoms with Crippen molar-refractivity contribution in [3.63, 3.8) is 0 Å². The number of thioether (sulfide) groups is 2. The Bertz CT molecular complexity index is 188. The molecule has 0 N–H and O–H groups in total. The Morgan fingerprint density at radius 1 is 0.778 bits per heavy atom. The topological polar surface area (TPSA) is 0 Å². The van der Waals surface area contributed by atoms with Crippen molar-refractivity contribution in [3.8, 4) is 0 Å². The van der Waals surface area contributed by atoms with E-state index in [1.165, 1.54) is 69.3 Å². The minimum Gasteiger partial charge on any atom is -0.133 e. The zero-order valence-electron chi connectivity index (χ0n) is 12.7. The molecule has 2 heteroatoms. The smallest absolute Gasteiger partial charge is 0.00257 e. The SMILES string of the molecule is CCCCCCCC/C(=C/SCCC)SCCC. The van der Waals surface area contributed by atoms with Crippen LogP contribution in [0.25, 0.3) is 0 Å². The molecule has 0 aromatic heterocycles. The molecule has 0 fully saturated rings. The minimum absolute atomic E-state index is 1.27. The van der Waals surface area contributed by atoms with E-state index >= 15 is 0 Å². The van der Waals surface area contributed by atoms with E-state index < -0.39 is 0 Å². The first kappa shape index (κ1) is 18.4. The van der Waals surface area contributed by atoms with Crippen molar-refractivity contribution in [3.05, 3.63) is 10.3 Å². The molecule has 0 atom stereocenters. The normalized spacial score (nSPS) is 12.1. The van der Waals surface area contributed by atoms with Gasteiger partial charge in [-0.2, -0.15) is 0 Å². The summed E-state index contributed by atoms with van der Waals surface area (Å²) < 4.78 is 0. The maximum Gasteiger partial charge on any atom is -0.00257 e. The van der Waals surface area contributed by atoms with Crippen molar-refractivity contribution in [2.75, 3.05) is 11.5 Å². The number of allylic oxidation sites excluding steroid dienone is 1. The van der Waals surface area contributed by atoms with E-state index in [1.54, 1.807) is 4.91 Å². The third-order valence-electron chi connectivity index (χ3n) is 2.81. The zero-order valence-corrected chi connectivity index (χ0v) is 14.3. The summed E-state index contributed by atoms with van der Waals surface area (Å²) in [6.07, 6.45) is 12.3. The second-order valence-corrected chi connectivity index (χ2v) is 7.02. The van der Waals surface area contributed by atoms with Gasteiger partial charge >= 0.3 is 0 Å². The van der Waals surface area contributed by atoms with Crippen LogP contribution in [0, 0.1) is 0 Å². The quantitative estimate of drug-likeness (QED) is 0.339. The third kappa shape index (κ3) is 12.9. The Morgan fingerprint density at radius 3 is 2.11 bits per heavy atom. The van der Waals surface area contributed by atoms with E-state index in [9.17, 15) is 0 Å². The summed E-state index contributed by atoms with van der Waals surface area (Å²) in [5.74, 6) is 2.56. The summed E-state index contributed by atoms with van der Waals surface area (Å²) in [5.41, 5.74) is 0. The highest BCUT2D eigenvalue weighted by Gasteiger charge is 1.99. The molecule has 0 saturated heterocycles. The maximum atomic E-state index is 2.43. The first-order valence-corrected chi connectivity index (χ1v) is 9.82. The number of hydrogen-bond acceptors (Lipinski definition) is 2. The van der Waals surface area contributed by atoms with Crippen molar-refractivity contribution in [1.82, 2.24) is 0 Å². The highest BCUT2D eigenvalue weighted by molar-refractivity contribution is 8.06. The second-order valence-electron chi connectivity index (χ2n) is 4.82. The van der Waals surface area contributed by atoms with Crippen LogP contribution in [0.3, 0.4) is 0 Å². The Hall–Kier alpha value is 0.440. The molecule has 0 nitrogen and oxygen atoms in total. The molecule has 0 aliphatic carbocycles. The van der Waals surface area contributed by atoms with Crippen LogP contribution in [-0.2, 0) is 0 Å². The van der Waals surface area contributed by atoms with Crippen LogP contribution < -0.4 is 0 Å². The lowest BCUT2D eigenvalue weighted by Gasteiger charge is -2.07. The van der Waals surface area contributed by atoms with Crippen molar-refractivity contribution in [2.45, 2.75) is 78.6 Å². The van der Waals surface area contributed by atoms with Crippen LogP contribution in [0.5, 0.6) is 0 Å². The van der Waals surface area contributed by atoms with Gasteiger partial charge in [0, 0.05) is 0 Å². The van der Waals surface area contributed by atoms with Crippen LogP contribution in [-0.4, -0.2) is 11.5 Å². The van der Waals surface area contributed by atoms with Gasteiger partial charge in [-0.05, 0) is 47.5 Å². The average molecular weight is 289 g/mol. The van der Waals surface area contributed by atoms with Crippen LogP contribution in [0.1, 0.15) is 78.6 Å². The predicted octanol–water partition coefficient (Wildman–Crippen LogP) is 6.86. The standard InChI is InChI=1S/C16H32S2/c1-4-7-8-9-10-11-12-16(18-14-6-3)15-17-13-5-2/h15H,4-14H2,1-3H3/b16-15-. The summed E-state index contributed by atoms with van der Waals surface area (Å²) in [7, 11) is 0. The lowest BCUT2D eigenvalue weighted by Crippen LogP contribution is -1.84. The number of hydrogen-bond donors (Lipinski definition) is 0. The Morgan fingerprint density at radius 2 is 1.44 bits per heavy atom. The molecule has 0 rings (SSSR count). The van der Waals surface area contributed by atoms with Gasteiger partial charge in [0.2, 0.25) is 0 Å². The van der Waals surface area contributed by atoms with Gasteiger partial charge in [-0.15, -0.1) is 23.5 Å². The molecule has 0 aliphatic heterocycles. The Labute approximate surface area is 124 Å². The molecular formula is C16H32S2. The van der Waals surface area contributed by atoms with Gasteiger partial charge in [-0.25, -0.2) is 0 Å². The van der Waals surface area contributed by atoms with Gasteiger partial charge in [0.1, 0.15) is 0 Å². The highest BCUT2D eigenvalue weighted by atomic mass is 32.2. The molecule has 108 valence electrons. The lowest BCUT2D eigenvalue weighted by molar-refractivity contribution is 0.610. The Balaban J connectivity index is 3.68. The summed E-state index contributed by atoms with van der Waals surface area (Å²) in [5, 5.41) is 2.43. The first-order chi connectivity index (χ1) is 8.85. The van der Waals surface area contributed by atoms with Crippen molar-refractivity contribution >= 4 is 23.5 Å². The molecule has 0 aromatic rings. The predicted molar refractivity (Wildman–Crippen MR) is 91.6 cm³/mol. The fourth-order valence-corrected chi connectivity index (χ4v) is 3.64. The summed E-state index contributed by atoms with van der Waals surface area (Å²) in [6.45, 7) is 6.81. The van der Waals surface area contributed by atoms with Crippen LogP contribution >= 0.6 is 23.5 Å². The second kappa shape index (κ2) is 15.5. The van der Waals surface area contributed by atoms with Gasteiger partial charge in [0.25, 0.3) is 0 Å². The van der Waals surface area contributed by atoms with Crippen molar-refractivity contribution < 1.29 is 0 Å². The summed E-state index contributed by atoms with van der Waals surface area (Å²) in [6, 6.07) is 0. The van der Waals surface area contributed by atoms with Crippen LogP contribution in [0.2, 0.25) is 0 Å². The first-order valence-electron chi connectivity index (χ1n) is 7.78. The minimum atomic E-state index is 1.27. The van der Waals surface area contributed by atoms with E-state index in [2.05, 4.69) is 37.9 Å². The number of rotatable bonds is 13. The molecule has 0 aliphatic rings. The van der Waals surface area contributed by atoms with Crippen molar-refractivity contribution in [2.24, 2.45) is 0 Å². The van der Waals surface area contributed by atoms with Gasteiger partial charge in [-0.1, -0.05) is 52.9 Å². The third-order valence-corrected chi connectivity index (χ3v) is 5.35. The van der Waals surface area contributed by atoms with E-state index in [4.69, 9.17) is 0 Å². The average Bonchev–Trinajstić information content (AvgIpc) is 2.39. The molecule has 0 radical (unpaired) electrons. The molecular weight excluding hydrogens is 256 g/mol. The van der Waals surface area contributed by atoms with E-state index in [1.807, 2.05) is 11.8 Å². The van der Waals surface area contributed by atoms with E-state index in [-0.39, 0.29) is 0 Å². The Kier molecular flexibility index (Phi) is 15.9. The molecule has 0 unspecified atom stereocenters. The fraction of sp³-hybridized carbons (Fsp3) is 0.875.